The van der Waals surface area contributed by atoms with Gasteiger partial charge in [-0.05, 0) is 35.9 Å². The summed E-state index contributed by atoms with van der Waals surface area (Å²) in [7, 11) is 7.07. The van der Waals surface area contributed by atoms with Gasteiger partial charge >= 0.3 is 0 Å². The van der Waals surface area contributed by atoms with E-state index in [1.54, 1.807) is 12.2 Å². The number of halogens is 1. The van der Waals surface area contributed by atoms with E-state index in [1.165, 1.54) is 84.2 Å². The minimum atomic E-state index is -0.596. The molecule has 38 heavy (non-hydrogen) atoms. The van der Waals surface area contributed by atoms with Crippen LogP contribution < -0.4 is 29.0 Å². The van der Waals surface area contributed by atoms with E-state index < -0.39 is 5.82 Å². The first-order chi connectivity index (χ1) is 18.3. The van der Waals surface area contributed by atoms with Crippen LogP contribution in [0.15, 0.2) is 48.7 Å². The molecule has 0 heterocycles. The van der Waals surface area contributed by atoms with Gasteiger partial charge in [-0.2, -0.15) is 0 Å². The number of hydrogen-bond acceptors (Lipinski definition) is 9. The van der Waals surface area contributed by atoms with E-state index in [0.29, 0.717) is 39.6 Å². The fourth-order valence-corrected chi connectivity index (χ4v) is 3.57. The predicted molar refractivity (Wildman–Crippen MR) is 141 cm³/mol. The third kappa shape index (κ3) is 6.09. The number of carbonyl (C=O) groups is 1. The van der Waals surface area contributed by atoms with E-state index in [2.05, 4.69) is 5.32 Å². The number of aromatic hydroxyl groups is 2. The molecule has 0 spiro atoms. The predicted octanol–water partition coefficient (Wildman–Crippen LogP) is 5.26. The van der Waals surface area contributed by atoms with Crippen LogP contribution in [0, 0.1) is 5.82 Å². The molecular weight excluding hydrogens is 497 g/mol. The summed E-state index contributed by atoms with van der Waals surface area (Å²) in [6.45, 7) is 0. The number of methoxy groups -OCH3 is 5. The average molecular weight is 526 g/mol. The van der Waals surface area contributed by atoms with E-state index >= 15 is 0 Å². The zero-order chi connectivity index (χ0) is 27.8. The molecule has 0 atom stereocenters. The van der Waals surface area contributed by atoms with Gasteiger partial charge in [-0.15, -0.1) is 0 Å². The van der Waals surface area contributed by atoms with Gasteiger partial charge in [-0.3, -0.25) is 4.79 Å². The summed E-state index contributed by atoms with van der Waals surface area (Å²) < 4.78 is 40.5. The van der Waals surface area contributed by atoms with Gasteiger partial charge in [0.2, 0.25) is 11.5 Å². The van der Waals surface area contributed by atoms with Crippen LogP contribution >= 0.6 is 0 Å². The first-order valence-electron chi connectivity index (χ1n) is 11.2. The first kappa shape index (κ1) is 27.7. The lowest BCUT2D eigenvalue weighted by Crippen LogP contribution is -2.01. The van der Waals surface area contributed by atoms with Crippen molar-refractivity contribution in [1.82, 2.24) is 0 Å². The van der Waals surface area contributed by atoms with Crippen molar-refractivity contribution in [3.8, 4) is 40.2 Å². The van der Waals surface area contributed by atoms with Crippen LogP contribution in [0.25, 0.3) is 12.2 Å². The highest BCUT2D eigenvalue weighted by atomic mass is 19.1. The minimum Gasteiger partial charge on any atom is -0.504 e. The summed E-state index contributed by atoms with van der Waals surface area (Å²) in [6.07, 6.45) is 5.89. The van der Waals surface area contributed by atoms with Crippen LogP contribution in [0.2, 0.25) is 0 Å². The van der Waals surface area contributed by atoms with Crippen molar-refractivity contribution in [3.63, 3.8) is 0 Å². The molecule has 0 fully saturated rings. The number of anilines is 1. The molecule has 0 aromatic heterocycles. The Morgan fingerprint density at radius 3 is 2.00 bits per heavy atom. The van der Waals surface area contributed by atoms with Crippen molar-refractivity contribution in [2.75, 3.05) is 40.9 Å². The van der Waals surface area contributed by atoms with Crippen LogP contribution in [0.3, 0.4) is 0 Å². The van der Waals surface area contributed by atoms with Crippen LogP contribution in [0.4, 0.5) is 10.1 Å². The quantitative estimate of drug-likeness (QED) is 0.133. The fraction of sp³-hybridized carbons (Fsp3) is 0.179. The van der Waals surface area contributed by atoms with Crippen molar-refractivity contribution in [3.05, 3.63) is 71.2 Å². The number of rotatable bonds is 11. The molecule has 0 aliphatic heterocycles. The van der Waals surface area contributed by atoms with Gasteiger partial charge in [0.25, 0.3) is 0 Å². The van der Waals surface area contributed by atoms with Crippen LogP contribution in [-0.2, 0) is 0 Å². The van der Waals surface area contributed by atoms with Crippen molar-refractivity contribution < 1.29 is 43.1 Å². The molecule has 0 amide bonds. The summed E-state index contributed by atoms with van der Waals surface area (Å²) in [5, 5.41) is 22.7. The summed E-state index contributed by atoms with van der Waals surface area (Å²) in [4.78, 5) is 12.8. The van der Waals surface area contributed by atoms with E-state index in [0.717, 1.165) is 0 Å². The maximum Gasteiger partial charge on any atom is 0.203 e. The maximum atomic E-state index is 14.5. The first-order valence-corrected chi connectivity index (χ1v) is 11.2. The SMILES string of the molecule is COc1cc(N/C=C\C(=O)c2cc(OC)c(OC)c(OC)c2)c(/C=C\c2cc(O)c(O)c(OC)c2)cc1F. The molecule has 0 radical (unpaired) electrons. The Balaban J connectivity index is 1.90. The maximum absolute atomic E-state index is 14.5. The highest BCUT2D eigenvalue weighted by Crippen LogP contribution is 2.39. The molecule has 3 N–H and O–H groups in total. The second-order valence-electron chi connectivity index (χ2n) is 7.75. The molecule has 3 aromatic rings. The van der Waals surface area contributed by atoms with Gasteiger partial charge in [0.1, 0.15) is 0 Å². The number of phenols is 2. The van der Waals surface area contributed by atoms with Crippen LogP contribution in [0.5, 0.6) is 40.2 Å². The summed E-state index contributed by atoms with van der Waals surface area (Å²) >= 11 is 0. The molecule has 10 heteroatoms. The highest BCUT2D eigenvalue weighted by molar-refractivity contribution is 6.05. The molecule has 200 valence electrons. The molecule has 0 aliphatic rings. The van der Waals surface area contributed by atoms with Crippen molar-refractivity contribution in [2.24, 2.45) is 0 Å². The lowest BCUT2D eigenvalue weighted by atomic mass is 10.1. The second-order valence-corrected chi connectivity index (χ2v) is 7.75. The van der Waals surface area contributed by atoms with Crippen molar-refractivity contribution >= 4 is 23.6 Å². The molecular formula is C28H28FNO8. The van der Waals surface area contributed by atoms with E-state index in [9.17, 15) is 19.4 Å². The van der Waals surface area contributed by atoms with Crippen LogP contribution in [-0.4, -0.2) is 51.5 Å². The Labute approximate surface area is 219 Å². The topological polar surface area (TPSA) is 116 Å². The lowest BCUT2D eigenvalue weighted by molar-refractivity contribution is 0.104. The largest absolute Gasteiger partial charge is 0.504 e. The van der Waals surface area contributed by atoms with Gasteiger partial charge in [0.05, 0.1) is 35.5 Å². The Bertz CT molecular complexity index is 1360. The van der Waals surface area contributed by atoms with E-state index in [1.807, 2.05) is 0 Å². The Kier molecular flexibility index (Phi) is 9.04. The van der Waals surface area contributed by atoms with Gasteiger partial charge < -0.3 is 39.2 Å². The molecule has 0 saturated heterocycles. The molecule has 0 bridgehead atoms. The summed E-state index contributed by atoms with van der Waals surface area (Å²) in [5.74, 6) is -0.580. The average Bonchev–Trinajstić information content (AvgIpc) is 2.93. The van der Waals surface area contributed by atoms with Crippen molar-refractivity contribution in [1.29, 1.82) is 0 Å². The number of ether oxygens (including phenoxy) is 5. The Hall–Kier alpha value is -4.86. The summed E-state index contributed by atoms with van der Waals surface area (Å²) in [5.41, 5.74) is 1.64. The number of ketones is 1. The Morgan fingerprint density at radius 2 is 1.42 bits per heavy atom. The number of allylic oxidation sites excluding steroid dienone is 1. The summed E-state index contributed by atoms with van der Waals surface area (Å²) in [6, 6.07) is 8.60. The molecule has 9 nitrogen and oxygen atoms in total. The number of benzene rings is 3. The number of carbonyl (C=O) groups excluding carboxylic acids is 1. The Morgan fingerprint density at radius 1 is 0.789 bits per heavy atom. The number of hydrogen-bond donors (Lipinski definition) is 3. The minimum absolute atomic E-state index is 0.00190. The van der Waals surface area contributed by atoms with Crippen LogP contribution in [0.1, 0.15) is 21.5 Å². The molecule has 3 rings (SSSR count). The van der Waals surface area contributed by atoms with Gasteiger partial charge in [-0.25, -0.2) is 4.39 Å². The molecule has 0 saturated carbocycles. The molecule has 0 aliphatic carbocycles. The normalized spacial score (nSPS) is 11.0. The van der Waals surface area contributed by atoms with Gasteiger partial charge in [0, 0.05) is 35.2 Å². The van der Waals surface area contributed by atoms with Gasteiger partial charge in [-0.1, -0.05) is 12.2 Å². The highest BCUT2D eigenvalue weighted by Gasteiger charge is 2.16. The molecule has 0 unspecified atom stereocenters. The zero-order valence-electron chi connectivity index (χ0n) is 21.5. The third-order valence-corrected chi connectivity index (χ3v) is 5.50. The number of nitrogens with one attached hydrogen (secondary N) is 1. The second kappa shape index (κ2) is 12.4. The van der Waals surface area contributed by atoms with E-state index in [-0.39, 0.29) is 28.8 Å². The van der Waals surface area contributed by atoms with E-state index in [4.69, 9.17) is 23.7 Å². The van der Waals surface area contributed by atoms with Gasteiger partial charge in [0.15, 0.2) is 40.3 Å². The standard InChI is InChI=1S/C28H28FNO8/c1-34-23-15-20(17(12-19(23)29)7-6-16-10-22(32)27(33)24(11-16)35-2)30-9-8-21(31)18-13-25(36-3)28(38-5)26(14-18)37-4/h6-15,30,32-33H,1-5H3/b7-6-,9-8-. The zero-order valence-corrected chi connectivity index (χ0v) is 21.5. The molecule has 3 aromatic carbocycles. The smallest absolute Gasteiger partial charge is 0.203 e. The monoisotopic (exact) mass is 525 g/mol. The number of phenolic OH excluding ortho intramolecular Hbond substituents is 2. The van der Waals surface area contributed by atoms with Crippen molar-refractivity contribution in [2.45, 2.75) is 0 Å². The lowest BCUT2D eigenvalue weighted by Gasteiger charge is -2.13. The third-order valence-electron chi connectivity index (χ3n) is 5.50. The fourth-order valence-electron chi connectivity index (χ4n) is 3.57.